The lowest BCUT2D eigenvalue weighted by Gasteiger charge is -2.04. The van der Waals surface area contributed by atoms with Gasteiger partial charge >= 0.3 is 0 Å². The van der Waals surface area contributed by atoms with Crippen LogP contribution in [0.5, 0.6) is 0 Å². The second kappa shape index (κ2) is 6.88. The molecule has 136 valence electrons. The second-order valence-electron chi connectivity index (χ2n) is 6.44. The standard InChI is InChI=1S/C19H18N6OS/c1-11(2)15-14(13-7-5-4-6-8-13)21-19(27-15)23-17(26)16-22-18-20-10-9-12(3)25(18)24-16/h4-11H,1-3H3,(H,21,23,26). The first-order valence-electron chi connectivity index (χ1n) is 8.59. The van der Waals surface area contributed by atoms with Crippen molar-refractivity contribution in [1.82, 2.24) is 24.6 Å². The molecule has 0 radical (unpaired) electrons. The minimum absolute atomic E-state index is 0.0689. The van der Waals surface area contributed by atoms with Gasteiger partial charge in [0, 0.05) is 22.3 Å². The maximum atomic E-state index is 12.6. The smallest absolute Gasteiger partial charge is 0.295 e. The van der Waals surface area contributed by atoms with Crippen LogP contribution in [0.3, 0.4) is 0 Å². The summed E-state index contributed by atoms with van der Waals surface area (Å²) < 4.78 is 1.55. The quantitative estimate of drug-likeness (QED) is 0.581. The molecule has 7 nitrogen and oxygen atoms in total. The van der Waals surface area contributed by atoms with Crippen molar-refractivity contribution in [3.05, 3.63) is 59.0 Å². The van der Waals surface area contributed by atoms with Crippen molar-refractivity contribution < 1.29 is 4.79 Å². The van der Waals surface area contributed by atoms with Gasteiger partial charge in [-0.2, -0.15) is 4.98 Å². The summed E-state index contributed by atoms with van der Waals surface area (Å²) >= 11 is 1.47. The molecular formula is C19H18N6OS. The number of thiazole rings is 1. The third-order valence-corrected chi connectivity index (χ3v) is 5.35. The van der Waals surface area contributed by atoms with Crippen molar-refractivity contribution in [2.24, 2.45) is 0 Å². The van der Waals surface area contributed by atoms with Gasteiger partial charge in [-0.3, -0.25) is 10.1 Å². The van der Waals surface area contributed by atoms with E-state index in [2.05, 4.69) is 39.2 Å². The highest BCUT2D eigenvalue weighted by atomic mass is 32.1. The predicted molar refractivity (Wildman–Crippen MR) is 105 cm³/mol. The lowest BCUT2D eigenvalue weighted by Crippen LogP contribution is -2.13. The van der Waals surface area contributed by atoms with E-state index in [0.717, 1.165) is 21.8 Å². The molecule has 0 saturated carbocycles. The summed E-state index contributed by atoms with van der Waals surface area (Å²) in [6, 6.07) is 11.8. The van der Waals surface area contributed by atoms with Gasteiger partial charge in [0.25, 0.3) is 11.7 Å². The Morgan fingerprint density at radius 2 is 1.93 bits per heavy atom. The van der Waals surface area contributed by atoms with Crippen molar-refractivity contribution in [1.29, 1.82) is 0 Å². The summed E-state index contributed by atoms with van der Waals surface area (Å²) in [5.74, 6) is 0.360. The number of aryl methyl sites for hydroxylation is 1. The molecule has 4 rings (SSSR count). The summed E-state index contributed by atoms with van der Waals surface area (Å²) in [5.41, 5.74) is 2.78. The SMILES string of the molecule is Cc1ccnc2nc(C(=O)Nc3nc(-c4ccccc4)c(C(C)C)s3)nn12. The van der Waals surface area contributed by atoms with Gasteiger partial charge in [-0.05, 0) is 18.9 Å². The largest absolute Gasteiger partial charge is 0.297 e. The number of rotatable bonds is 4. The fourth-order valence-corrected chi connectivity index (χ4v) is 3.72. The topological polar surface area (TPSA) is 85.1 Å². The molecule has 1 N–H and O–H groups in total. The molecule has 3 aromatic heterocycles. The molecule has 0 fully saturated rings. The average Bonchev–Trinajstić information content (AvgIpc) is 3.28. The Hall–Kier alpha value is -3.13. The van der Waals surface area contributed by atoms with Gasteiger partial charge in [0.1, 0.15) is 0 Å². The van der Waals surface area contributed by atoms with E-state index < -0.39 is 5.91 Å². The number of nitrogens with one attached hydrogen (secondary N) is 1. The molecule has 1 aromatic carbocycles. The van der Waals surface area contributed by atoms with Crippen LogP contribution < -0.4 is 5.32 Å². The van der Waals surface area contributed by atoms with E-state index in [0.29, 0.717) is 16.8 Å². The van der Waals surface area contributed by atoms with Gasteiger partial charge in [0.2, 0.25) is 5.82 Å². The number of fused-ring (bicyclic) bond motifs is 1. The monoisotopic (exact) mass is 378 g/mol. The van der Waals surface area contributed by atoms with E-state index in [1.807, 2.05) is 43.3 Å². The number of carbonyl (C=O) groups excluding carboxylic acids is 1. The van der Waals surface area contributed by atoms with Gasteiger partial charge in [-0.25, -0.2) is 14.5 Å². The third kappa shape index (κ3) is 3.31. The molecule has 8 heteroatoms. The van der Waals surface area contributed by atoms with Crippen molar-refractivity contribution in [2.75, 3.05) is 5.32 Å². The fourth-order valence-electron chi connectivity index (χ4n) is 2.74. The minimum atomic E-state index is -0.399. The Balaban J connectivity index is 1.65. The molecule has 0 spiro atoms. The van der Waals surface area contributed by atoms with E-state index in [4.69, 9.17) is 0 Å². The van der Waals surface area contributed by atoms with Gasteiger partial charge in [0.15, 0.2) is 5.13 Å². The average molecular weight is 378 g/mol. The highest BCUT2D eigenvalue weighted by molar-refractivity contribution is 7.16. The number of aromatic nitrogens is 5. The number of amides is 1. The van der Waals surface area contributed by atoms with Crippen LogP contribution in [0.4, 0.5) is 5.13 Å². The van der Waals surface area contributed by atoms with Crippen molar-refractivity contribution in [2.45, 2.75) is 26.7 Å². The number of benzene rings is 1. The lowest BCUT2D eigenvalue weighted by atomic mass is 10.1. The van der Waals surface area contributed by atoms with Crippen LogP contribution in [-0.4, -0.2) is 30.5 Å². The van der Waals surface area contributed by atoms with E-state index in [1.165, 1.54) is 11.3 Å². The van der Waals surface area contributed by atoms with Gasteiger partial charge < -0.3 is 0 Å². The van der Waals surface area contributed by atoms with E-state index >= 15 is 0 Å². The molecule has 1 amide bonds. The van der Waals surface area contributed by atoms with Crippen molar-refractivity contribution in [3.63, 3.8) is 0 Å². The van der Waals surface area contributed by atoms with Gasteiger partial charge in [-0.15, -0.1) is 16.4 Å². The first-order valence-corrected chi connectivity index (χ1v) is 9.40. The Bertz CT molecular complexity index is 1120. The molecule has 0 unspecified atom stereocenters. The van der Waals surface area contributed by atoms with Crippen LogP contribution in [0.15, 0.2) is 42.6 Å². The maximum absolute atomic E-state index is 12.6. The third-order valence-electron chi connectivity index (χ3n) is 4.08. The summed E-state index contributed by atoms with van der Waals surface area (Å²) in [6.07, 6.45) is 1.64. The molecule has 0 bridgehead atoms. The van der Waals surface area contributed by atoms with E-state index in [1.54, 1.807) is 10.7 Å². The summed E-state index contributed by atoms with van der Waals surface area (Å²) in [5, 5.41) is 7.60. The zero-order valence-electron chi connectivity index (χ0n) is 15.2. The molecule has 0 aliphatic rings. The molecule has 0 aliphatic carbocycles. The Morgan fingerprint density at radius 3 is 2.63 bits per heavy atom. The molecule has 27 heavy (non-hydrogen) atoms. The zero-order valence-corrected chi connectivity index (χ0v) is 16.0. The van der Waals surface area contributed by atoms with E-state index in [-0.39, 0.29) is 5.82 Å². The molecule has 0 atom stereocenters. The predicted octanol–water partition coefficient (Wildman–Crippen LogP) is 3.93. The summed E-state index contributed by atoms with van der Waals surface area (Å²) in [7, 11) is 0. The molecule has 4 aromatic rings. The number of hydrogen-bond acceptors (Lipinski definition) is 6. The summed E-state index contributed by atoms with van der Waals surface area (Å²) in [4.78, 5) is 26.7. The number of carbonyl (C=O) groups is 1. The van der Waals surface area contributed by atoms with Gasteiger partial charge in [-0.1, -0.05) is 44.2 Å². The number of nitrogens with zero attached hydrogens (tertiary/aromatic N) is 5. The maximum Gasteiger partial charge on any atom is 0.297 e. The Kier molecular flexibility index (Phi) is 4.41. The minimum Gasteiger partial charge on any atom is -0.295 e. The highest BCUT2D eigenvalue weighted by Gasteiger charge is 2.20. The number of anilines is 1. The highest BCUT2D eigenvalue weighted by Crippen LogP contribution is 2.36. The Labute approximate surface area is 160 Å². The molecule has 0 aliphatic heterocycles. The van der Waals surface area contributed by atoms with Crippen LogP contribution in [0.25, 0.3) is 17.0 Å². The van der Waals surface area contributed by atoms with Crippen LogP contribution in [0, 0.1) is 6.92 Å². The molecular weight excluding hydrogens is 360 g/mol. The lowest BCUT2D eigenvalue weighted by molar-refractivity contribution is 0.101. The van der Waals surface area contributed by atoms with Crippen LogP contribution in [0.2, 0.25) is 0 Å². The van der Waals surface area contributed by atoms with E-state index in [9.17, 15) is 4.79 Å². The zero-order chi connectivity index (χ0) is 19.0. The number of hydrogen-bond donors (Lipinski definition) is 1. The summed E-state index contributed by atoms with van der Waals surface area (Å²) in [6.45, 7) is 6.11. The van der Waals surface area contributed by atoms with Crippen LogP contribution in [0.1, 0.15) is 41.0 Å². The van der Waals surface area contributed by atoms with Gasteiger partial charge in [0.05, 0.1) is 5.69 Å². The van der Waals surface area contributed by atoms with Crippen LogP contribution >= 0.6 is 11.3 Å². The second-order valence-corrected chi connectivity index (χ2v) is 7.47. The van der Waals surface area contributed by atoms with Crippen molar-refractivity contribution >= 4 is 28.2 Å². The fraction of sp³-hybridized carbons (Fsp3) is 0.211. The van der Waals surface area contributed by atoms with Crippen molar-refractivity contribution in [3.8, 4) is 11.3 Å². The molecule has 3 heterocycles. The molecule has 0 saturated heterocycles. The Morgan fingerprint density at radius 1 is 1.15 bits per heavy atom. The van der Waals surface area contributed by atoms with Crippen LogP contribution in [-0.2, 0) is 0 Å². The first-order chi connectivity index (χ1) is 13.0. The first kappa shape index (κ1) is 17.3. The normalized spacial score (nSPS) is 11.3.